The Bertz CT molecular complexity index is 1080. The number of ether oxygens (including phenoxy) is 2. The molecule has 0 saturated carbocycles. The van der Waals surface area contributed by atoms with E-state index in [9.17, 15) is 19.2 Å². The third kappa shape index (κ3) is 9.56. The van der Waals surface area contributed by atoms with Gasteiger partial charge in [0.25, 0.3) is 0 Å². The Labute approximate surface area is 207 Å². The average Bonchev–Trinajstić information content (AvgIpc) is 2.87. The number of carboxylic acid groups (broad SMARTS) is 2. The second-order valence-corrected chi connectivity index (χ2v) is 6.66. The first kappa shape index (κ1) is 29.2. The first-order chi connectivity index (χ1) is 17.1. The summed E-state index contributed by atoms with van der Waals surface area (Å²) in [4.78, 5) is 44.0. The van der Waals surface area contributed by atoms with Crippen molar-refractivity contribution in [2.45, 2.75) is 13.8 Å². The molecule has 0 aliphatic carbocycles. The zero-order valence-corrected chi connectivity index (χ0v) is 19.6. The number of hydrogen-bond donors (Lipinski definition) is 4. The number of aromatic hydroxyl groups is 2. The van der Waals surface area contributed by atoms with Gasteiger partial charge in [-0.2, -0.15) is 0 Å². The maximum Gasteiger partial charge on any atom is 0.338 e. The predicted octanol–water partition coefficient (Wildman–Crippen LogP) is 4.22. The van der Waals surface area contributed by atoms with Gasteiger partial charge in [0.15, 0.2) is 0 Å². The van der Waals surface area contributed by atoms with Gasteiger partial charge in [-0.15, -0.1) is 0 Å². The summed E-state index contributed by atoms with van der Waals surface area (Å²) >= 11 is 0. The lowest BCUT2D eigenvalue weighted by molar-refractivity contribution is 0.0509. The van der Waals surface area contributed by atoms with E-state index in [0.717, 1.165) is 0 Å². The molecule has 3 aromatic rings. The minimum atomic E-state index is -1.13. The van der Waals surface area contributed by atoms with Gasteiger partial charge in [0, 0.05) is 0 Å². The van der Waals surface area contributed by atoms with Crippen molar-refractivity contribution in [3.05, 3.63) is 95.1 Å². The third-order valence-corrected chi connectivity index (χ3v) is 4.16. The van der Waals surface area contributed by atoms with Gasteiger partial charge in [-0.25, -0.2) is 19.2 Å². The van der Waals surface area contributed by atoms with E-state index in [1.807, 2.05) is 0 Å². The van der Waals surface area contributed by atoms with Gasteiger partial charge >= 0.3 is 23.9 Å². The van der Waals surface area contributed by atoms with Crippen LogP contribution < -0.4 is 0 Å². The fourth-order valence-electron chi connectivity index (χ4n) is 2.57. The van der Waals surface area contributed by atoms with E-state index >= 15 is 0 Å². The van der Waals surface area contributed by atoms with E-state index in [4.69, 9.17) is 29.9 Å². The number of phenols is 2. The summed E-state index contributed by atoms with van der Waals surface area (Å²) in [7, 11) is 0. The van der Waals surface area contributed by atoms with E-state index in [-0.39, 0.29) is 47.0 Å². The van der Waals surface area contributed by atoms with Crippen LogP contribution >= 0.6 is 0 Å². The molecule has 0 aromatic heterocycles. The highest BCUT2D eigenvalue weighted by atomic mass is 16.5. The van der Waals surface area contributed by atoms with Gasteiger partial charge in [-0.05, 0) is 62.4 Å². The average molecular weight is 498 g/mol. The minimum absolute atomic E-state index is 0.0362. The number of carboxylic acids is 2. The molecule has 0 aliphatic rings. The molecule has 0 fully saturated rings. The lowest BCUT2D eigenvalue weighted by Crippen LogP contribution is -2.11. The van der Waals surface area contributed by atoms with Crippen LogP contribution in [0.25, 0.3) is 0 Å². The second kappa shape index (κ2) is 15.1. The van der Waals surface area contributed by atoms with Crippen LogP contribution in [0.3, 0.4) is 0 Å². The van der Waals surface area contributed by atoms with Crippen LogP contribution in [0.1, 0.15) is 55.3 Å². The van der Waals surface area contributed by atoms with Crippen molar-refractivity contribution in [1.29, 1.82) is 0 Å². The maximum atomic E-state index is 11.3. The molecule has 0 saturated heterocycles. The predicted molar refractivity (Wildman–Crippen MR) is 128 cm³/mol. The molecule has 0 unspecified atom stereocenters. The van der Waals surface area contributed by atoms with Gasteiger partial charge in [0.2, 0.25) is 0 Å². The number of esters is 2. The van der Waals surface area contributed by atoms with Crippen LogP contribution in [-0.2, 0) is 9.47 Å². The molecule has 0 aliphatic heterocycles. The minimum Gasteiger partial charge on any atom is -0.508 e. The van der Waals surface area contributed by atoms with Crippen LogP contribution in [-0.4, -0.2) is 57.5 Å². The summed E-state index contributed by atoms with van der Waals surface area (Å²) in [6.07, 6.45) is 0. The quantitative estimate of drug-likeness (QED) is 0.285. The van der Waals surface area contributed by atoms with Crippen LogP contribution in [0, 0.1) is 0 Å². The van der Waals surface area contributed by atoms with Crippen molar-refractivity contribution in [3.8, 4) is 11.5 Å². The molecule has 0 spiro atoms. The summed E-state index contributed by atoms with van der Waals surface area (Å²) < 4.78 is 9.43. The number of hydrogen-bond acceptors (Lipinski definition) is 8. The smallest absolute Gasteiger partial charge is 0.338 e. The number of rotatable bonds is 6. The number of aromatic carboxylic acids is 2. The third-order valence-electron chi connectivity index (χ3n) is 4.16. The van der Waals surface area contributed by atoms with Gasteiger partial charge in [0.1, 0.15) is 11.5 Å². The number of phenolic OH excluding ortho intramolecular Hbond substituents is 2. The number of carbonyl (C=O) groups is 4. The van der Waals surface area contributed by atoms with Crippen molar-refractivity contribution in [2.75, 3.05) is 13.2 Å². The van der Waals surface area contributed by atoms with Gasteiger partial charge in [0.05, 0.1) is 35.5 Å². The lowest BCUT2D eigenvalue weighted by atomic mass is 10.1. The second-order valence-electron chi connectivity index (χ2n) is 6.66. The Hall–Kier alpha value is -4.86. The topological polar surface area (TPSA) is 168 Å². The Morgan fingerprint density at radius 2 is 0.833 bits per heavy atom. The molecule has 4 N–H and O–H groups in total. The molecule has 0 atom stereocenters. The molecule has 0 heterocycles. The summed E-state index contributed by atoms with van der Waals surface area (Å²) in [5.41, 5.74) is 0.0978. The molecule has 0 bridgehead atoms. The maximum absolute atomic E-state index is 11.3. The molecular formula is C26H26O10. The van der Waals surface area contributed by atoms with Gasteiger partial charge in [-0.1, -0.05) is 24.3 Å². The van der Waals surface area contributed by atoms with Gasteiger partial charge < -0.3 is 29.9 Å². The molecule has 10 heteroatoms. The highest BCUT2D eigenvalue weighted by Crippen LogP contribution is 2.13. The molecule has 3 aromatic carbocycles. The first-order valence-electron chi connectivity index (χ1n) is 10.6. The molecule has 36 heavy (non-hydrogen) atoms. The molecule has 0 amide bonds. The van der Waals surface area contributed by atoms with Crippen LogP contribution in [0.4, 0.5) is 0 Å². The first-order valence-corrected chi connectivity index (χ1v) is 10.6. The zero-order valence-electron chi connectivity index (χ0n) is 19.6. The van der Waals surface area contributed by atoms with E-state index in [1.165, 1.54) is 48.5 Å². The van der Waals surface area contributed by atoms with Crippen LogP contribution in [0.2, 0.25) is 0 Å². The van der Waals surface area contributed by atoms with Crippen molar-refractivity contribution in [3.63, 3.8) is 0 Å². The van der Waals surface area contributed by atoms with Crippen LogP contribution in [0.5, 0.6) is 11.5 Å². The van der Waals surface area contributed by atoms with Crippen molar-refractivity contribution < 1.29 is 49.1 Å². The van der Waals surface area contributed by atoms with Crippen molar-refractivity contribution in [1.82, 2.24) is 0 Å². The Kier molecular flexibility index (Phi) is 12.3. The monoisotopic (exact) mass is 498 g/mol. The summed E-state index contributed by atoms with van der Waals surface area (Å²) in [5.74, 6) is -3.14. The summed E-state index contributed by atoms with van der Waals surface area (Å²) in [6, 6.07) is 17.6. The summed E-state index contributed by atoms with van der Waals surface area (Å²) in [5, 5.41) is 34.8. The fourth-order valence-corrected chi connectivity index (χ4v) is 2.57. The Morgan fingerprint density at radius 1 is 0.556 bits per heavy atom. The van der Waals surface area contributed by atoms with E-state index < -0.39 is 23.9 Å². The highest BCUT2D eigenvalue weighted by Gasteiger charge is 2.16. The largest absolute Gasteiger partial charge is 0.508 e. The van der Waals surface area contributed by atoms with Crippen LogP contribution in [0.15, 0.2) is 72.8 Å². The molecule has 190 valence electrons. The zero-order chi connectivity index (χ0) is 27.1. The lowest BCUT2D eigenvalue weighted by Gasteiger charge is -2.04. The number of benzene rings is 3. The van der Waals surface area contributed by atoms with E-state index in [2.05, 4.69) is 0 Å². The Balaban J connectivity index is 0.000000281. The van der Waals surface area contributed by atoms with Crippen molar-refractivity contribution in [2.24, 2.45) is 0 Å². The number of carbonyl (C=O) groups excluding carboxylic acids is 2. The van der Waals surface area contributed by atoms with E-state index in [1.54, 1.807) is 38.1 Å². The fraction of sp³-hybridized carbons (Fsp3) is 0.154. The van der Waals surface area contributed by atoms with Crippen molar-refractivity contribution >= 4 is 23.9 Å². The SMILES string of the molecule is CCOC(=O)c1ccccc1C(=O)O.CCOC(=O)c1ccccc1C(=O)O.Oc1ccc(O)cc1. The molecule has 0 radical (unpaired) electrons. The molecular weight excluding hydrogens is 472 g/mol. The normalized spacial score (nSPS) is 9.39. The Morgan fingerprint density at radius 3 is 1.08 bits per heavy atom. The highest BCUT2D eigenvalue weighted by molar-refractivity contribution is 6.03. The molecule has 10 nitrogen and oxygen atoms in total. The summed E-state index contributed by atoms with van der Waals surface area (Å²) in [6.45, 7) is 3.79. The van der Waals surface area contributed by atoms with E-state index in [0.29, 0.717) is 0 Å². The van der Waals surface area contributed by atoms with Gasteiger partial charge in [-0.3, -0.25) is 0 Å². The standard InChI is InChI=1S/2C10H10O4.C6H6O2/c2*1-2-14-10(13)8-6-4-3-5-7(8)9(11)12;7-5-1-2-6(8)4-3-5/h2*3-6H,2H2,1H3,(H,11,12);1-4,7-8H. The molecule has 3 rings (SSSR count).